The number of carbonyl (C=O) groups is 1. The second kappa shape index (κ2) is 11.8. The first-order chi connectivity index (χ1) is 11.0. The summed E-state index contributed by atoms with van der Waals surface area (Å²) in [5, 5.41) is 15.4. The Morgan fingerprint density at radius 3 is 2.70 bits per heavy atom. The standard InChI is InChI=1S/C17H35N3O3/c1-13(2)11-16-15(12-23-20-22)8-6-10-18-9-5-4-7-14(3)19-17(16)21/h13-16,18,20,22H,4-12H2,1-3H3,(H,19,21)/t14-,15-,16-/m1/s1. The van der Waals surface area contributed by atoms with Gasteiger partial charge in [0.2, 0.25) is 5.91 Å². The van der Waals surface area contributed by atoms with Gasteiger partial charge in [0.25, 0.3) is 0 Å². The van der Waals surface area contributed by atoms with Crippen LogP contribution in [0.15, 0.2) is 0 Å². The molecule has 0 aromatic rings. The van der Waals surface area contributed by atoms with E-state index >= 15 is 0 Å². The minimum Gasteiger partial charge on any atom is -0.353 e. The van der Waals surface area contributed by atoms with Crippen molar-refractivity contribution in [1.29, 1.82) is 0 Å². The van der Waals surface area contributed by atoms with Crippen LogP contribution in [-0.2, 0) is 9.63 Å². The minimum absolute atomic E-state index is 0.0773. The average Bonchev–Trinajstić information content (AvgIpc) is 2.50. The maximum absolute atomic E-state index is 12.8. The topological polar surface area (TPSA) is 82.6 Å². The molecular weight excluding hydrogens is 294 g/mol. The van der Waals surface area contributed by atoms with E-state index in [4.69, 9.17) is 10.0 Å². The molecule has 1 amide bonds. The molecule has 0 saturated carbocycles. The van der Waals surface area contributed by atoms with Gasteiger partial charge in [-0.05, 0) is 64.0 Å². The summed E-state index contributed by atoms with van der Waals surface area (Å²) in [4.78, 5) is 17.8. The Bertz CT molecular complexity index is 326. The van der Waals surface area contributed by atoms with E-state index in [2.05, 4.69) is 31.4 Å². The molecule has 6 heteroatoms. The summed E-state index contributed by atoms with van der Waals surface area (Å²) in [5.41, 5.74) is 1.76. The zero-order chi connectivity index (χ0) is 17.1. The first-order valence-electron chi connectivity index (χ1n) is 9.06. The predicted molar refractivity (Wildman–Crippen MR) is 90.9 cm³/mol. The second-order valence-corrected chi connectivity index (χ2v) is 7.20. The fourth-order valence-electron chi connectivity index (χ4n) is 3.30. The summed E-state index contributed by atoms with van der Waals surface area (Å²) in [6, 6.07) is 0.204. The Morgan fingerprint density at radius 2 is 2.00 bits per heavy atom. The Kier molecular flexibility index (Phi) is 10.4. The van der Waals surface area contributed by atoms with Crippen LogP contribution >= 0.6 is 0 Å². The number of hydrogen-bond donors (Lipinski definition) is 4. The summed E-state index contributed by atoms with van der Waals surface area (Å²) >= 11 is 0. The summed E-state index contributed by atoms with van der Waals surface area (Å²) in [7, 11) is 0. The number of carbonyl (C=O) groups excluding carboxylic acids is 1. The highest BCUT2D eigenvalue weighted by Crippen LogP contribution is 2.26. The third-order valence-corrected chi connectivity index (χ3v) is 4.55. The third-order valence-electron chi connectivity index (χ3n) is 4.55. The molecular formula is C17H35N3O3. The number of hydrogen-bond acceptors (Lipinski definition) is 5. The van der Waals surface area contributed by atoms with Gasteiger partial charge in [-0.3, -0.25) is 14.8 Å². The van der Waals surface area contributed by atoms with Crippen LogP contribution in [0.2, 0.25) is 0 Å². The lowest BCUT2D eigenvalue weighted by Crippen LogP contribution is -2.42. The van der Waals surface area contributed by atoms with E-state index in [0.29, 0.717) is 12.5 Å². The maximum atomic E-state index is 12.8. The molecule has 1 fully saturated rings. The molecule has 0 aliphatic carbocycles. The molecule has 1 saturated heterocycles. The molecule has 136 valence electrons. The fourth-order valence-corrected chi connectivity index (χ4v) is 3.30. The van der Waals surface area contributed by atoms with Crippen LogP contribution < -0.4 is 16.3 Å². The van der Waals surface area contributed by atoms with E-state index < -0.39 is 0 Å². The average molecular weight is 329 g/mol. The Morgan fingerprint density at radius 1 is 1.26 bits per heavy atom. The van der Waals surface area contributed by atoms with E-state index in [0.717, 1.165) is 51.6 Å². The molecule has 0 unspecified atom stereocenters. The fraction of sp³-hybridized carbons (Fsp3) is 0.941. The molecule has 1 aliphatic rings. The van der Waals surface area contributed by atoms with Crippen molar-refractivity contribution < 1.29 is 14.8 Å². The molecule has 4 N–H and O–H groups in total. The lowest BCUT2D eigenvalue weighted by molar-refractivity contribution is -0.149. The second-order valence-electron chi connectivity index (χ2n) is 7.20. The molecule has 23 heavy (non-hydrogen) atoms. The molecule has 0 aromatic carbocycles. The van der Waals surface area contributed by atoms with Crippen molar-refractivity contribution in [2.75, 3.05) is 19.7 Å². The van der Waals surface area contributed by atoms with Crippen LogP contribution in [0.4, 0.5) is 0 Å². The lowest BCUT2D eigenvalue weighted by Gasteiger charge is -2.28. The van der Waals surface area contributed by atoms with Gasteiger partial charge in [-0.25, -0.2) is 0 Å². The number of amides is 1. The lowest BCUT2D eigenvalue weighted by atomic mass is 9.82. The molecule has 0 aromatic heterocycles. The van der Waals surface area contributed by atoms with Crippen molar-refractivity contribution in [3.63, 3.8) is 0 Å². The van der Waals surface area contributed by atoms with Crippen molar-refractivity contribution in [1.82, 2.24) is 16.3 Å². The first kappa shape index (κ1) is 20.4. The summed E-state index contributed by atoms with van der Waals surface area (Å²) in [5.74, 6) is 0.600. The van der Waals surface area contributed by atoms with E-state index in [1.54, 1.807) is 5.64 Å². The number of nitrogens with one attached hydrogen (secondary N) is 3. The van der Waals surface area contributed by atoms with Crippen molar-refractivity contribution in [3.05, 3.63) is 0 Å². The molecule has 1 rings (SSSR count). The van der Waals surface area contributed by atoms with Gasteiger partial charge in [-0.15, -0.1) is 0 Å². The molecule has 0 spiro atoms. The summed E-state index contributed by atoms with van der Waals surface area (Å²) in [6.07, 6.45) is 6.05. The SMILES string of the molecule is CC(C)C[C@H]1C(=O)N[C@H](C)CCCCNCCC[C@@H]1CONO. The van der Waals surface area contributed by atoms with E-state index in [1.807, 2.05) is 0 Å². The number of rotatable bonds is 5. The van der Waals surface area contributed by atoms with Gasteiger partial charge in [-0.1, -0.05) is 25.9 Å². The highest BCUT2D eigenvalue weighted by molar-refractivity contribution is 5.79. The Balaban J connectivity index is 2.80. The highest BCUT2D eigenvalue weighted by Gasteiger charge is 2.30. The van der Waals surface area contributed by atoms with Crippen molar-refractivity contribution in [2.45, 2.75) is 65.3 Å². The van der Waals surface area contributed by atoms with Gasteiger partial charge in [0, 0.05) is 12.0 Å². The van der Waals surface area contributed by atoms with Crippen LogP contribution in [0.5, 0.6) is 0 Å². The monoisotopic (exact) mass is 329 g/mol. The summed E-state index contributed by atoms with van der Waals surface area (Å²) in [6.45, 7) is 8.71. The molecule has 6 nitrogen and oxygen atoms in total. The van der Waals surface area contributed by atoms with Gasteiger partial charge >= 0.3 is 0 Å². The Labute approximate surface area is 140 Å². The van der Waals surface area contributed by atoms with Crippen LogP contribution in [-0.4, -0.2) is 36.9 Å². The smallest absolute Gasteiger partial charge is 0.223 e. The zero-order valence-corrected chi connectivity index (χ0v) is 14.9. The third kappa shape index (κ3) is 8.65. The normalized spacial score (nSPS) is 28.6. The van der Waals surface area contributed by atoms with Gasteiger partial charge in [0.15, 0.2) is 0 Å². The largest absolute Gasteiger partial charge is 0.353 e. The van der Waals surface area contributed by atoms with Crippen LogP contribution in [0.25, 0.3) is 0 Å². The maximum Gasteiger partial charge on any atom is 0.223 e. The van der Waals surface area contributed by atoms with Crippen LogP contribution in [0.3, 0.4) is 0 Å². The highest BCUT2D eigenvalue weighted by atomic mass is 16.8. The minimum atomic E-state index is -0.0773. The quantitative estimate of drug-likeness (QED) is 0.582. The van der Waals surface area contributed by atoms with Gasteiger partial charge in [-0.2, -0.15) is 0 Å². The predicted octanol–water partition coefficient (Wildman–Crippen LogP) is 2.23. The molecule has 1 aliphatic heterocycles. The first-order valence-corrected chi connectivity index (χ1v) is 9.06. The van der Waals surface area contributed by atoms with E-state index in [1.165, 1.54) is 0 Å². The van der Waals surface area contributed by atoms with Crippen molar-refractivity contribution in [2.24, 2.45) is 17.8 Å². The van der Waals surface area contributed by atoms with Gasteiger partial charge in [0.1, 0.15) is 0 Å². The Hall–Kier alpha value is -0.690. The molecule has 1 heterocycles. The van der Waals surface area contributed by atoms with Crippen LogP contribution in [0, 0.1) is 17.8 Å². The summed E-state index contributed by atoms with van der Waals surface area (Å²) < 4.78 is 0. The molecule has 0 bridgehead atoms. The van der Waals surface area contributed by atoms with Crippen molar-refractivity contribution in [3.8, 4) is 0 Å². The van der Waals surface area contributed by atoms with E-state index in [9.17, 15) is 4.79 Å². The molecule has 0 radical (unpaired) electrons. The van der Waals surface area contributed by atoms with Gasteiger partial charge in [0.05, 0.1) is 6.61 Å². The van der Waals surface area contributed by atoms with Crippen molar-refractivity contribution >= 4 is 5.91 Å². The van der Waals surface area contributed by atoms with Gasteiger partial charge < -0.3 is 10.6 Å². The van der Waals surface area contributed by atoms with E-state index in [-0.39, 0.29) is 23.8 Å². The van der Waals surface area contributed by atoms with Crippen LogP contribution in [0.1, 0.15) is 59.3 Å². The zero-order valence-electron chi connectivity index (χ0n) is 14.9. The molecule has 3 atom stereocenters.